The van der Waals surface area contributed by atoms with Crippen molar-refractivity contribution in [3.05, 3.63) is 70.8 Å². The minimum Gasteiger partial charge on any atom is -0.395 e. The van der Waals surface area contributed by atoms with Crippen LogP contribution in [0.3, 0.4) is 0 Å². The zero-order chi connectivity index (χ0) is 13.9. The summed E-state index contributed by atoms with van der Waals surface area (Å²) >= 11 is 0. The Morgan fingerprint density at radius 2 is 1.60 bits per heavy atom. The molecule has 2 aromatic carbocycles. The van der Waals surface area contributed by atoms with Crippen LogP contribution >= 0.6 is 0 Å². The lowest BCUT2D eigenvalue weighted by molar-refractivity contribution is 0.232. The minimum atomic E-state index is 0.138. The normalized spacial score (nSPS) is 15.5. The summed E-state index contributed by atoms with van der Waals surface area (Å²) in [5.41, 5.74) is 5.46. The van der Waals surface area contributed by atoms with Gasteiger partial charge in [0.05, 0.1) is 12.6 Å². The van der Waals surface area contributed by atoms with Crippen LogP contribution in [-0.2, 0) is 6.42 Å². The van der Waals surface area contributed by atoms with Crippen LogP contribution in [0.2, 0.25) is 0 Å². The van der Waals surface area contributed by atoms with Gasteiger partial charge in [0.25, 0.3) is 0 Å². The zero-order valence-corrected chi connectivity index (χ0v) is 11.8. The highest BCUT2D eigenvalue weighted by Gasteiger charge is 2.26. The molecule has 0 unspecified atom stereocenters. The first-order chi connectivity index (χ1) is 9.83. The molecule has 3 rings (SSSR count). The second-order valence-corrected chi connectivity index (χ2v) is 5.46. The fourth-order valence-corrected chi connectivity index (χ4v) is 3.04. The number of rotatable bonds is 4. The number of benzene rings is 2. The number of aliphatic hydroxyl groups is 1. The molecule has 0 saturated carbocycles. The third kappa shape index (κ3) is 2.37. The molecule has 0 bridgehead atoms. The summed E-state index contributed by atoms with van der Waals surface area (Å²) in [7, 11) is 0. The van der Waals surface area contributed by atoms with E-state index < -0.39 is 0 Å². The molecular weight excluding hydrogens is 246 g/mol. The zero-order valence-electron chi connectivity index (χ0n) is 11.8. The Bertz CT molecular complexity index is 544. The summed E-state index contributed by atoms with van der Waals surface area (Å²) in [6, 6.07) is 17.6. The van der Waals surface area contributed by atoms with E-state index in [0.29, 0.717) is 0 Å². The first-order valence-corrected chi connectivity index (χ1v) is 7.36. The van der Waals surface area contributed by atoms with E-state index in [1.807, 2.05) is 0 Å². The second kappa shape index (κ2) is 5.78. The Kier molecular flexibility index (Phi) is 3.86. The van der Waals surface area contributed by atoms with Crippen LogP contribution in [0.15, 0.2) is 48.5 Å². The Morgan fingerprint density at radius 3 is 2.10 bits per heavy atom. The van der Waals surface area contributed by atoms with Crippen molar-refractivity contribution < 1.29 is 5.11 Å². The highest BCUT2D eigenvalue weighted by Crippen LogP contribution is 2.35. The predicted molar refractivity (Wildman–Crippen MR) is 81.8 cm³/mol. The molecule has 1 atom stereocenters. The molecule has 0 heterocycles. The van der Waals surface area contributed by atoms with Crippen molar-refractivity contribution in [2.24, 2.45) is 0 Å². The maximum absolute atomic E-state index is 9.49. The van der Waals surface area contributed by atoms with Gasteiger partial charge in [0, 0.05) is 6.04 Å². The van der Waals surface area contributed by atoms with E-state index in [-0.39, 0.29) is 18.7 Å². The van der Waals surface area contributed by atoms with Crippen molar-refractivity contribution in [3.8, 4) is 0 Å². The summed E-state index contributed by atoms with van der Waals surface area (Å²) in [4.78, 5) is 0. The van der Waals surface area contributed by atoms with Gasteiger partial charge >= 0.3 is 0 Å². The maximum Gasteiger partial charge on any atom is 0.0585 e. The Labute approximate surface area is 120 Å². The van der Waals surface area contributed by atoms with Gasteiger partial charge < -0.3 is 10.4 Å². The summed E-state index contributed by atoms with van der Waals surface area (Å²) in [5, 5.41) is 13.1. The molecule has 2 nitrogen and oxygen atoms in total. The monoisotopic (exact) mass is 267 g/mol. The predicted octanol–water partition coefficient (Wildman–Crippen LogP) is 3.04. The number of fused-ring (bicyclic) bond motifs is 2. The first kappa shape index (κ1) is 13.3. The summed E-state index contributed by atoms with van der Waals surface area (Å²) in [6.07, 6.45) is 1.93. The van der Waals surface area contributed by atoms with E-state index in [4.69, 9.17) is 0 Å². The molecule has 2 N–H and O–H groups in total. The van der Waals surface area contributed by atoms with Gasteiger partial charge in [-0.15, -0.1) is 0 Å². The summed E-state index contributed by atoms with van der Waals surface area (Å²) in [6.45, 7) is 2.28. The van der Waals surface area contributed by atoms with Gasteiger partial charge in [-0.3, -0.25) is 0 Å². The quantitative estimate of drug-likeness (QED) is 0.892. The molecule has 104 valence electrons. The third-order valence-electron chi connectivity index (χ3n) is 4.23. The molecule has 0 fully saturated rings. The molecule has 0 aromatic heterocycles. The van der Waals surface area contributed by atoms with Crippen LogP contribution < -0.4 is 5.32 Å². The van der Waals surface area contributed by atoms with E-state index >= 15 is 0 Å². The summed E-state index contributed by atoms with van der Waals surface area (Å²) < 4.78 is 0. The van der Waals surface area contributed by atoms with Crippen molar-refractivity contribution in [2.75, 3.05) is 6.61 Å². The van der Waals surface area contributed by atoms with Gasteiger partial charge in [0.1, 0.15) is 0 Å². The van der Waals surface area contributed by atoms with E-state index in [1.165, 1.54) is 22.3 Å². The smallest absolute Gasteiger partial charge is 0.0585 e. The van der Waals surface area contributed by atoms with Crippen LogP contribution in [0, 0.1) is 0 Å². The molecule has 0 amide bonds. The van der Waals surface area contributed by atoms with Crippen molar-refractivity contribution in [3.63, 3.8) is 0 Å². The maximum atomic E-state index is 9.49. The molecular formula is C18H21NO. The van der Waals surface area contributed by atoms with Crippen molar-refractivity contribution in [2.45, 2.75) is 31.8 Å². The van der Waals surface area contributed by atoms with Gasteiger partial charge in [-0.25, -0.2) is 0 Å². The van der Waals surface area contributed by atoms with E-state index in [9.17, 15) is 5.11 Å². The number of hydrogen-bond acceptors (Lipinski definition) is 2. The number of aliphatic hydroxyl groups excluding tert-OH is 1. The van der Waals surface area contributed by atoms with E-state index in [2.05, 4.69) is 60.8 Å². The van der Waals surface area contributed by atoms with Crippen molar-refractivity contribution >= 4 is 0 Å². The average molecular weight is 267 g/mol. The lowest BCUT2D eigenvalue weighted by Gasteiger charge is -2.32. The second-order valence-electron chi connectivity index (χ2n) is 5.46. The van der Waals surface area contributed by atoms with Gasteiger partial charge in [0.15, 0.2) is 0 Å². The van der Waals surface area contributed by atoms with Crippen molar-refractivity contribution in [1.82, 2.24) is 5.32 Å². The van der Waals surface area contributed by atoms with E-state index in [1.54, 1.807) is 0 Å². The largest absolute Gasteiger partial charge is 0.395 e. The number of nitrogens with one attached hydrogen (secondary N) is 1. The SMILES string of the molecule is CC[C@H](CO)NC1c2ccccc2Cc2ccccc21. The van der Waals surface area contributed by atoms with Crippen molar-refractivity contribution in [1.29, 1.82) is 0 Å². The average Bonchev–Trinajstić information content (AvgIpc) is 2.51. The number of hydrogen-bond donors (Lipinski definition) is 2. The Morgan fingerprint density at radius 1 is 1.05 bits per heavy atom. The Hall–Kier alpha value is -1.64. The van der Waals surface area contributed by atoms with Gasteiger partial charge in [-0.2, -0.15) is 0 Å². The molecule has 0 spiro atoms. The lowest BCUT2D eigenvalue weighted by atomic mass is 9.82. The fraction of sp³-hybridized carbons (Fsp3) is 0.333. The molecule has 1 aliphatic rings. The molecule has 0 saturated heterocycles. The first-order valence-electron chi connectivity index (χ1n) is 7.36. The standard InChI is InChI=1S/C18H21NO/c1-2-15(12-20)19-18-16-9-5-3-7-13(16)11-14-8-4-6-10-17(14)18/h3-10,15,18-20H,2,11-12H2,1H3/t15-/m1/s1. The van der Waals surface area contributed by atoms with E-state index in [0.717, 1.165) is 12.8 Å². The highest BCUT2D eigenvalue weighted by molar-refractivity contribution is 5.48. The Balaban J connectivity index is 2.03. The molecule has 0 radical (unpaired) electrons. The molecule has 1 aliphatic carbocycles. The highest BCUT2D eigenvalue weighted by atomic mass is 16.3. The van der Waals surface area contributed by atoms with Gasteiger partial charge in [0.2, 0.25) is 0 Å². The topological polar surface area (TPSA) is 32.3 Å². The third-order valence-corrected chi connectivity index (χ3v) is 4.23. The van der Waals surface area contributed by atoms with Crippen LogP contribution in [0.4, 0.5) is 0 Å². The van der Waals surface area contributed by atoms with Crippen LogP contribution in [-0.4, -0.2) is 17.8 Å². The molecule has 0 aliphatic heterocycles. The molecule has 20 heavy (non-hydrogen) atoms. The molecule has 2 heteroatoms. The van der Waals surface area contributed by atoms with Crippen LogP contribution in [0.5, 0.6) is 0 Å². The van der Waals surface area contributed by atoms with Crippen LogP contribution in [0.1, 0.15) is 41.6 Å². The molecule has 2 aromatic rings. The van der Waals surface area contributed by atoms with Crippen LogP contribution in [0.25, 0.3) is 0 Å². The van der Waals surface area contributed by atoms with Gasteiger partial charge in [-0.1, -0.05) is 55.5 Å². The minimum absolute atomic E-state index is 0.138. The van der Waals surface area contributed by atoms with Gasteiger partial charge in [-0.05, 0) is 35.1 Å². The summed E-state index contributed by atoms with van der Waals surface area (Å²) in [5.74, 6) is 0. The lowest BCUT2D eigenvalue weighted by Crippen LogP contribution is -2.37. The fourth-order valence-electron chi connectivity index (χ4n) is 3.04.